The van der Waals surface area contributed by atoms with Gasteiger partial charge in [0.05, 0.1) is 16.3 Å². The van der Waals surface area contributed by atoms with Gasteiger partial charge < -0.3 is 4.42 Å². The van der Waals surface area contributed by atoms with Crippen LogP contribution in [0.3, 0.4) is 0 Å². The average Bonchev–Trinajstić information content (AvgIpc) is 2.32. The maximum Gasteiger partial charge on any atom is 0.220 e. The fourth-order valence-corrected chi connectivity index (χ4v) is 1.48. The van der Waals surface area contributed by atoms with E-state index in [2.05, 4.69) is 4.99 Å². The molecule has 0 bridgehead atoms. The van der Waals surface area contributed by atoms with Gasteiger partial charge in [0.25, 0.3) is 0 Å². The van der Waals surface area contributed by atoms with Gasteiger partial charge in [0.15, 0.2) is 6.29 Å². The standard InChI is InChI=1S/C13H10ClNO2/c1-9-2-4-11(5-3-9)15-13-6-12(14)10(7-16)8-17-13/h2-8H,1H3. The maximum absolute atomic E-state index is 10.6. The lowest BCUT2D eigenvalue weighted by Crippen LogP contribution is -2.00. The van der Waals surface area contributed by atoms with Crippen molar-refractivity contribution in [2.24, 2.45) is 4.99 Å². The molecular weight excluding hydrogens is 238 g/mol. The molecular formula is C13H10ClNO2. The summed E-state index contributed by atoms with van der Waals surface area (Å²) >= 11 is 5.87. The number of hydrogen-bond donors (Lipinski definition) is 0. The van der Waals surface area contributed by atoms with Crippen molar-refractivity contribution in [3.05, 3.63) is 58.3 Å². The van der Waals surface area contributed by atoms with Crippen LogP contribution in [0, 0.1) is 6.92 Å². The zero-order valence-electron chi connectivity index (χ0n) is 9.18. The van der Waals surface area contributed by atoms with E-state index in [4.69, 9.17) is 16.0 Å². The minimum atomic E-state index is 0.314. The molecule has 2 rings (SSSR count). The van der Waals surface area contributed by atoms with Crippen LogP contribution in [-0.4, -0.2) is 6.29 Å². The summed E-state index contributed by atoms with van der Waals surface area (Å²) in [4.78, 5) is 14.8. The number of aryl methyl sites for hydroxylation is 1. The van der Waals surface area contributed by atoms with E-state index in [1.807, 2.05) is 31.2 Å². The molecule has 0 atom stereocenters. The molecule has 2 aromatic rings. The van der Waals surface area contributed by atoms with Gasteiger partial charge in [-0.25, -0.2) is 4.99 Å². The molecule has 4 heteroatoms. The molecule has 0 radical (unpaired) electrons. The number of hydrogen-bond acceptors (Lipinski definition) is 3. The van der Waals surface area contributed by atoms with E-state index in [-0.39, 0.29) is 0 Å². The van der Waals surface area contributed by atoms with Gasteiger partial charge in [-0.15, -0.1) is 0 Å². The second kappa shape index (κ2) is 4.97. The minimum Gasteiger partial charge on any atom is -0.446 e. The normalized spacial score (nSPS) is 11.5. The first-order valence-electron chi connectivity index (χ1n) is 5.04. The van der Waals surface area contributed by atoms with Gasteiger partial charge in [-0.1, -0.05) is 29.3 Å². The Kier molecular flexibility index (Phi) is 3.40. The third-order valence-electron chi connectivity index (χ3n) is 2.23. The first kappa shape index (κ1) is 11.6. The summed E-state index contributed by atoms with van der Waals surface area (Å²) in [5.41, 5.74) is 2.61. The highest BCUT2D eigenvalue weighted by atomic mass is 35.5. The van der Waals surface area contributed by atoms with Crippen molar-refractivity contribution >= 4 is 23.6 Å². The lowest BCUT2D eigenvalue weighted by atomic mass is 10.2. The molecule has 0 unspecified atom stereocenters. The van der Waals surface area contributed by atoms with Crippen LogP contribution >= 0.6 is 11.6 Å². The summed E-state index contributed by atoms with van der Waals surface area (Å²) in [6, 6.07) is 9.20. The van der Waals surface area contributed by atoms with Crippen molar-refractivity contribution in [1.82, 2.24) is 0 Å². The molecule has 0 aliphatic heterocycles. The monoisotopic (exact) mass is 247 g/mol. The Labute approximate surface area is 103 Å². The van der Waals surface area contributed by atoms with E-state index in [1.165, 1.54) is 12.3 Å². The largest absolute Gasteiger partial charge is 0.446 e. The molecule has 1 aromatic heterocycles. The number of nitrogens with zero attached hydrogens (tertiary/aromatic N) is 1. The average molecular weight is 248 g/mol. The van der Waals surface area contributed by atoms with Crippen LogP contribution in [0.2, 0.25) is 5.02 Å². The van der Waals surface area contributed by atoms with Gasteiger partial charge in [0.2, 0.25) is 5.55 Å². The molecule has 0 saturated heterocycles. The number of carbonyl (C=O) groups excluding carboxylic acids is 1. The number of halogens is 1. The molecule has 0 amide bonds. The Balaban J connectivity index is 2.43. The van der Waals surface area contributed by atoms with Gasteiger partial charge in [-0.2, -0.15) is 0 Å². The molecule has 0 aliphatic rings. The highest BCUT2D eigenvalue weighted by Crippen LogP contribution is 2.13. The van der Waals surface area contributed by atoms with Crippen LogP contribution in [0.15, 0.2) is 46.0 Å². The number of carbonyl (C=O) groups is 1. The molecule has 0 spiro atoms. The molecule has 0 aliphatic carbocycles. The highest BCUT2D eigenvalue weighted by molar-refractivity contribution is 6.32. The third kappa shape index (κ3) is 2.82. The summed E-state index contributed by atoms with van der Waals surface area (Å²) in [7, 11) is 0. The number of rotatable bonds is 2. The van der Waals surface area contributed by atoms with E-state index in [0.29, 0.717) is 22.4 Å². The first-order chi connectivity index (χ1) is 8.19. The quantitative estimate of drug-likeness (QED) is 0.765. The molecule has 1 heterocycles. The van der Waals surface area contributed by atoms with Crippen molar-refractivity contribution in [2.45, 2.75) is 6.92 Å². The predicted molar refractivity (Wildman–Crippen MR) is 65.5 cm³/mol. The van der Waals surface area contributed by atoms with Crippen LogP contribution in [-0.2, 0) is 0 Å². The maximum atomic E-state index is 10.6. The molecule has 0 N–H and O–H groups in total. The van der Waals surface area contributed by atoms with Gasteiger partial charge in [-0.3, -0.25) is 4.79 Å². The van der Waals surface area contributed by atoms with Crippen molar-refractivity contribution in [1.29, 1.82) is 0 Å². The molecule has 1 aromatic carbocycles. The van der Waals surface area contributed by atoms with Gasteiger partial charge >= 0.3 is 0 Å². The first-order valence-corrected chi connectivity index (χ1v) is 5.42. The Bertz CT molecular complexity index is 600. The summed E-state index contributed by atoms with van der Waals surface area (Å²) in [5.74, 6) is 0. The summed E-state index contributed by atoms with van der Waals surface area (Å²) in [5, 5.41) is 0.331. The zero-order chi connectivity index (χ0) is 12.3. The smallest absolute Gasteiger partial charge is 0.220 e. The van der Waals surface area contributed by atoms with Crippen molar-refractivity contribution in [3.8, 4) is 0 Å². The Morgan fingerprint density at radius 1 is 1.29 bits per heavy atom. The minimum absolute atomic E-state index is 0.314. The summed E-state index contributed by atoms with van der Waals surface area (Å²) in [6.45, 7) is 2.00. The van der Waals surface area contributed by atoms with Gasteiger partial charge in [0.1, 0.15) is 6.26 Å². The van der Waals surface area contributed by atoms with E-state index >= 15 is 0 Å². The lowest BCUT2D eigenvalue weighted by molar-refractivity contribution is 0.112. The molecule has 3 nitrogen and oxygen atoms in total. The van der Waals surface area contributed by atoms with Gasteiger partial charge in [0, 0.05) is 6.07 Å². The van der Waals surface area contributed by atoms with E-state index < -0.39 is 0 Å². The Hall–Kier alpha value is -1.87. The molecule has 0 fully saturated rings. The Morgan fingerprint density at radius 2 is 2.00 bits per heavy atom. The second-order valence-electron chi connectivity index (χ2n) is 3.59. The highest BCUT2D eigenvalue weighted by Gasteiger charge is 1.99. The summed E-state index contributed by atoms with van der Waals surface area (Å²) < 4.78 is 5.18. The van der Waals surface area contributed by atoms with Crippen molar-refractivity contribution in [3.63, 3.8) is 0 Å². The van der Waals surface area contributed by atoms with E-state index in [9.17, 15) is 4.79 Å². The third-order valence-corrected chi connectivity index (χ3v) is 2.56. The van der Waals surface area contributed by atoms with Crippen molar-refractivity contribution in [2.75, 3.05) is 0 Å². The van der Waals surface area contributed by atoms with Crippen LogP contribution in [0.25, 0.3) is 0 Å². The van der Waals surface area contributed by atoms with Crippen LogP contribution < -0.4 is 5.55 Å². The Morgan fingerprint density at radius 3 is 2.59 bits per heavy atom. The van der Waals surface area contributed by atoms with E-state index in [0.717, 1.165) is 11.3 Å². The number of benzene rings is 1. The SMILES string of the molecule is Cc1ccc(N=c2cc(Cl)c(C=O)co2)cc1. The lowest BCUT2D eigenvalue weighted by Gasteiger charge is -1.96. The van der Waals surface area contributed by atoms with Crippen LogP contribution in [0.4, 0.5) is 5.69 Å². The van der Waals surface area contributed by atoms with Crippen molar-refractivity contribution < 1.29 is 9.21 Å². The van der Waals surface area contributed by atoms with E-state index in [1.54, 1.807) is 0 Å². The molecule has 0 saturated carbocycles. The summed E-state index contributed by atoms with van der Waals surface area (Å²) in [6.07, 6.45) is 1.93. The molecule has 86 valence electrons. The fraction of sp³-hybridized carbons (Fsp3) is 0.0769. The topological polar surface area (TPSA) is 42.6 Å². The predicted octanol–water partition coefficient (Wildman–Crippen LogP) is 3.29. The number of aldehydes is 1. The van der Waals surface area contributed by atoms with Gasteiger partial charge in [-0.05, 0) is 19.1 Å². The van der Waals surface area contributed by atoms with Crippen LogP contribution in [0.5, 0.6) is 0 Å². The fourth-order valence-electron chi connectivity index (χ4n) is 1.30. The second-order valence-corrected chi connectivity index (χ2v) is 3.99. The zero-order valence-corrected chi connectivity index (χ0v) is 9.94. The molecule has 17 heavy (non-hydrogen) atoms. The van der Waals surface area contributed by atoms with Crippen LogP contribution in [0.1, 0.15) is 15.9 Å².